The van der Waals surface area contributed by atoms with Crippen LogP contribution in [0.5, 0.6) is 5.75 Å². The third kappa shape index (κ3) is 2.76. The smallest absolute Gasteiger partial charge is 0.131 e. The third-order valence-corrected chi connectivity index (χ3v) is 3.10. The van der Waals surface area contributed by atoms with Crippen LogP contribution in [0.2, 0.25) is 0 Å². The van der Waals surface area contributed by atoms with Gasteiger partial charge in [0.2, 0.25) is 0 Å². The average Bonchev–Trinajstić information content (AvgIpc) is 2.46. The maximum atomic E-state index is 5.85. The summed E-state index contributed by atoms with van der Waals surface area (Å²) in [6.07, 6.45) is 3.61. The molecule has 0 saturated heterocycles. The number of ether oxygens (including phenoxy) is 1. The predicted octanol–water partition coefficient (Wildman–Crippen LogP) is 4.87. The molecule has 0 aliphatic rings. The standard InChI is InChI=1S/C18H18O/c1-4-13-19-18-14(3)15(5-2)11-12-17(18)16-9-7-6-8-10-16/h4-12H,1-2,13H2,3H3. The molecule has 0 fully saturated rings. The average molecular weight is 250 g/mol. The third-order valence-electron chi connectivity index (χ3n) is 3.10. The SMILES string of the molecule is C=CCOc1c(-c2ccccc2)ccc(C=C)c1C. The van der Waals surface area contributed by atoms with Crippen LogP contribution >= 0.6 is 0 Å². The minimum absolute atomic E-state index is 0.501. The zero-order valence-electron chi connectivity index (χ0n) is 11.2. The Labute approximate surface area is 114 Å². The Bertz CT molecular complexity index is 582. The van der Waals surface area contributed by atoms with Crippen LogP contribution in [-0.4, -0.2) is 6.61 Å². The second-order valence-electron chi connectivity index (χ2n) is 4.33. The van der Waals surface area contributed by atoms with Gasteiger partial charge in [-0.1, -0.05) is 67.8 Å². The molecule has 0 heterocycles. The Morgan fingerprint density at radius 3 is 2.42 bits per heavy atom. The van der Waals surface area contributed by atoms with Crippen molar-refractivity contribution in [1.29, 1.82) is 0 Å². The molecular formula is C18H18O. The molecule has 0 saturated carbocycles. The van der Waals surface area contributed by atoms with Gasteiger partial charge in [0.05, 0.1) is 0 Å². The molecule has 2 rings (SSSR count). The first-order valence-electron chi connectivity index (χ1n) is 6.33. The molecule has 2 aromatic rings. The topological polar surface area (TPSA) is 9.23 Å². The summed E-state index contributed by atoms with van der Waals surface area (Å²) in [5.74, 6) is 0.906. The van der Waals surface area contributed by atoms with Gasteiger partial charge in [-0.3, -0.25) is 0 Å². The summed E-state index contributed by atoms with van der Waals surface area (Å²) in [5, 5.41) is 0. The van der Waals surface area contributed by atoms with E-state index in [-0.39, 0.29) is 0 Å². The molecule has 1 nitrogen and oxygen atoms in total. The summed E-state index contributed by atoms with van der Waals surface area (Å²) in [4.78, 5) is 0. The first kappa shape index (κ1) is 13.2. The fourth-order valence-electron chi connectivity index (χ4n) is 2.10. The maximum absolute atomic E-state index is 5.85. The van der Waals surface area contributed by atoms with E-state index < -0.39 is 0 Å². The molecule has 0 unspecified atom stereocenters. The maximum Gasteiger partial charge on any atom is 0.131 e. The summed E-state index contributed by atoms with van der Waals surface area (Å²) < 4.78 is 5.85. The van der Waals surface area contributed by atoms with Crippen LogP contribution in [0, 0.1) is 6.92 Å². The highest BCUT2D eigenvalue weighted by Gasteiger charge is 2.11. The molecule has 0 atom stereocenters. The number of benzene rings is 2. The van der Waals surface area contributed by atoms with E-state index in [0.717, 1.165) is 28.0 Å². The molecule has 0 amide bonds. The summed E-state index contributed by atoms with van der Waals surface area (Å²) in [7, 11) is 0. The number of hydrogen-bond donors (Lipinski definition) is 0. The van der Waals surface area contributed by atoms with Gasteiger partial charge < -0.3 is 4.74 Å². The molecule has 2 aromatic carbocycles. The van der Waals surface area contributed by atoms with Crippen molar-refractivity contribution in [2.75, 3.05) is 6.61 Å². The first-order valence-corrected chi connectivity index (χ1v) is 6.33. The summed E-state index contributed by atoms with van der Waals surface area (Å²) in [5.41, 5.74) is 4.46. The molecule has 19 heavy (non-hydrogen) atoms. The molecule has 96 valence electrons. The second kappa shape index (κ2) is 6.05. The molecular weight excluding hydrogens is 232 g/mol. The molecule has 0 spiro atoms. The lowest BCUT2D eigenvalue weighted by atomic mass is 9.98. The van der Waals surface area contributed by atoms with Crippen LogP contribution in [0.25, 0.3) is 17.2 Å². The van der Waals surface area contributed by atoms with Crippen LogP contribution < -0.4 is 4.74 Å². The Kier molecular flexibility index (Phi) is 4.19. The van der Waals surface area contributed by atoms with E-state index in [9.17, 15) is 0 Å². The van der Waals surface area contributed by atoms with Crippen molar-refractivity contribution in [3.05, 3.63) is 72.8 Å². The molecule has 0 bridgehead atoms. The zero-order chi connectivity index (χ0) is 13.7. The van der Waals surface area contributed by atoms with E-state index in [1.807, 2.05) is 24.3 Å². The van der Waals surface area contributed by atoms with Crippen molar-refractivity contribution in [2.45, 2.75) is 6.92 Å². The lowest BCUT2D eigenvalue weighted by molar-refractivity contribution is 0.362. The quantitative estimate of drug-likeness (QED) is 0.688. The zero-order valence-corrected chi connectivity index (χ0v) is 11.2. The van der Waals surface area contributed by atoms with E-state index in [1.54, 1.807) is 6.08 Å². The van der Waals surface area contributed by atoms with Crippen LogP contribution in [0.3, 0.4) is 0 Å². The Hall–Kier alpha value is -2.28. The van der Waals surface area contributed by atoms with E-state index in [2.05, 4.69) is 44.3 Å². The van der Waals surface area contributed by atoms with Gasteiger partial charge >= 0.3 is 0 Å². The van der Waals surface area contributed by atoms with Crippen LogP contribution in [-0.2, 0) is 0 Å². The van der Waals surface area contributed by atoms with Gasteiger partial charge in [-0.25, -0.2) is 0 Å². The van der Waals surface area contributed by atoms with Gasteiger partial charge in [0, 0.05) is 5.56 Å². The van der Waals surface area contributed by atoms with E-state index in [4.69, 9.17) is 4.74 Å². The fourth-order valence-corrected chi connectivity index (χ4v) is 2.10. The summed E-state index contributed by atoms with van der Waals surface area (Å²) in [6, 6.07) is 14.4. The minimum Gasteiger partial charge on any atom is -0.489 e. The Morgan fingerprint density at radius 2 is 1.79 bits per heavy atom. The normalized spacial score (nSPS) is 9.95. The largest absolute Gasteiger partial charge is 0.489 e. The number of hydrogen-bond acceptors (Lipinski definition) is 1. The minimum atomic E-state index is 0.501. The van der Waals surface area contributed by atoms with E-state index in [1.165, 1.54) is 0 Å². The molecule has 0 aromatic heterocycles. The first-order chi connectivity index (χ1) is 9.27. The van der Waals surface area contributed by atoms with Gasteiger partial charge in [-0.2, -0.15) is 0 Å². The molecule has 0 N–H and O–H groups in total. The van der Waals surface area contributed by atoms with E-state index in [0.29, 0.717) is 6.61 Å². The predicted molar refractivity (Wildman–Crippen MR) is 82.4 cm³/mol. The van der Waals surface area contributed by atoms with Crippen LogP contribution in [0.15, 0.2) is 61.7 Å². The van der Waals surface area contributed by atoms with Gasteiger partial charge in [-0.15, -0.1) is 0 Å². The van der Waals surface area contributed by atoms with Crippen LogP contribution in [0.4, 0.5) is 0 Å². The summed E-state index contributed by atoms with van der Waals surface area (Å²) in [6.45, 7) is 10.1. The Balaban J connectivity index is 2.56. The highest BCUT2D eigenvalue weighted by atomic mass is 16.5. The monoisotopic (exact) mass is 250 g/mol. The molecule has 0 aliphatic carbocycles. The molecule has 0 aliphatic heterocycles. The van der Waals surface area contributed by atoms with Crippen molar-refractivity contribution in [2.24, 2.45) is 0 Å². The van der Waals surface area contributed by atoms with Gasteiger partial charge in [0.1, 0.15) is 12.4 Å². The van der Waals surface area contributed by atoms with Crippen molar-refractivity contribution >= 4 is 6.08 Å². The van der Waals surface area contributed by atoms with Crippen molar-refractivity contribution in [3.63, 3.8) is 0 Å². The van der Waals surface area contributed by atoms with Gasteiger partial charge in [-0.05, 0) is 23.6 Å². The van der Waals surface area contributed by atoms with Gasteiger partial charge in [0.15, 0.2) is 0 Å². The molecule has 0 radical (unpaired) electrons. The summed E-state index contributed by atoms with van der Waals surface area (Å²) >= 11 is 0. The lowest BCUT2D eigenvalue weighted by Gasteiger charge is -2.15. The Morgan fingerprint density at radius 1 is 1.05 bits per heavy atom. The highest BCUT2D eigenvalue weighted by Crippen LogP contribution is 2.35. The van der Waals surface area contributed by atoms with Crippen molar-refractivity contribution in [3.8, 4) is 16.9 Å². The van der Waals surface area contributed by atoms with E-state index >= 15 is 0 Å². The van der Waals surface area contributed by atoms with Crippen molar-refractivity contribution in [1.82, 2.24) is 0 Å². The van der Waals surface area contributed by atoms with Gasteiger partial charge in [0.25, 0.3) is 0 Å². The molecule has 1 heteroatoms. The number of rotatable bonds is 5. The van der Waals surface area contributed by atoms with Crippen molar-refractivity contribution < 1.29 is 4.74 Å². The lowest BCUT2D eigenvalue weighted by Crippen LogP contribution is -1.99. The fraction of sp³-hybridized carbons (Fsp3) is 0.111. The highest BCUT2D eigenvalue weighted by molar-refractivity contribution is 5.75. The van der Waals surface area contributed by atoms with Crippen LogP contribution in [0.1, 0.15) is 11.1 Å². The second-order valence-corrected chi connectivity index (χ2v) is 4.33.